The monoisotopic (exact) mass is 228 g/mol. The largest absolute Gasteiger partial charge is 0.265 e. The molecule has 0 aliphatic rings. The fraction of sp³-hybridized carbons (Fsp3) is 0.273. The zero-order chi connectivity index (χ0) is 11.7. The average Bonchev–Trinajstić information content (AvgIpc) is 2.98. The number of fused-ring (bicyclic) bond motifs is 1. The predicted molar refractivity (Wildman–Crippen MR) is 62.4 cm³/mol. The van der Waals surface area contributed by atoms with Crippen LogP contribution in [0.15, 0.2) is 24.3 Å². The van der Waals surface area contributed by atoms with Gasteiger partial charge < -0.3 is 0 Å². The van der Waals surface area contributed by atoms with Gasteiger partial charge in [0, 0.05) is 11.9 Å². The van der Waals surface area contributed by atoms with Gasteiger partial charge in [-0.05, 0) is 13.0 Å². The van der Waals surface area contributed by atoms with E-state index in [1.165, 1.54) is 0 Å². The van der Waals surface area contributed by atoms with Crippen LogP contribution in [0.5, 0.6) is 0 Å². The van der Waals surface area contributed by atoms with Gasteiger partial charge in [0.1, 0.15) is 0 Å². The second-order valence-electron chi connectivity index (χ2n) is 3.78. The van der Waals surface area contributed by atoms with Gasteiger partial charge >= 0.3 is 0 Å². The molecule has 0 amide bonds. The Bertz CT molecular complexity index is 625. The standard InChI is InChI=1S/C11H12N6/c1-2-17-10-6-4-3-5-8(10)9(14-17)7-11-12-15-16-13-11/h3-6H,2,7H2,1H3,(H,12,13,15,16). The van der Waals surface area contributed by atoms with Crippen LogP contribution in [0.3, 0.4) is 0 Å². The van der Waals surface area contributed by atoms with Gasteiger partial charge in [-0.15, -0.1) is 10.2 Å². The van der Waals surface area contributed by atoms with Gasteiger partial charge in [-0.1, -0.05) is 23.4 Å². The Morgan fingerprint density at radius 3 is 2.94 bits per heavy atom. The van der Waals surface area contributed by atoms with Crippen LogP contribution in [-0.4, -0.2) is 30.4 Å². The molecule has 6 nitrogen and oxygen atoms in total. The van der Waals surface area contributed by atoms with Crippen LogP contribution in [0.25, 0.3) is 10.9 Å². The van der Waals surface area contributed by atoms with Crippen LogP contribution in [0.1, 0.15) is 18.4 Å². The van der Waals surface area contributed by atoms with E-state index in [4.69, 9.17) is 0 Å². The lowest BCUT2D eigenvalue weighted by molar-refractivity contribution is 0.670. The molecule has 0 aliphatic heterocycles. The number of aryl methyl sites for hydroxylation is 1. The van der Waals surface area contributed by atoms with Crippen LogP contribution in [0.2, 0.25) is 0 Å². The lowest BCUT2D eigenvalue weighted by Crippen LogP contribution is -1.98. The molecular formula is C11H12N6. The molecule has 2 heterocycles. The Morgan fingerprint density at radius 2 is 2.18 bits per heavy atom. The Hall–Kier alpha value is -2.24. The number of benzene rings is 1. The van der Waals surface area contributed by atoms with Crippen LogP contribution in [0, 0.1) is 0 Å². The maximum absolute atomic E-state index is 4.58. The average molecular weight is 228 g/mol. The van der Waals surface area contributed by atoms with Gasteiger partial charge in [0.05, 0.1) is 17.6 Å². The quantitative estimate of drug-likeness (QED) is 0.730. The van der Waals surface area contributed by atoms with E-state index >= 15 is 0 Å². The first-order valence-corrected chi connectivity index (χ1v) is 5.55. The predicted octanol–water partition coefficient (Wildman–Crippen LogP) is 1.16. The number of hydrogen-bond donors (Lipinski definition) is 1. The molecule has 6 heteroatoms. The third-order valence-electron chi connectivity index (χ3n) is 2.75. The molecule has 3 rings (SSSR count). The Labute approximate surface area is 97.6 Å². The highest BCUT2D eigenvalue weighted by Gasteiger charge is 2.11. The maximum Gasteiger partial charge on any atom is 0.180 e. The number of rotatable bonds is 3. The number of nitrogens with zero attached hydrogens (tertiary/aromatic N) is 5. The van der Waals surface area contributed by atoms with Crippen molar-refractivity contribution in [2.75, 3.05) is 0 Å². The summed E-state index contributed by atoms with van der Waals surface area (Å²) in [6, 6.07) is 8.19. The summed E-state index contributed by atoms with van der Waals surface area (Å²) in [6.07, 6.45) is 0.601. The molecule has 0 spiro atoms. The Morgan fingerprint density at radius 1 is 1.29 bits per heavy atom. The molecule has 0 atom stereocenters. The highest BCUT2D eigenvalue weighted by molar-refractivity contribution is 5.82. The number of hydrogen-bond acceptors (Lipinski definition) is 4. The molecule has 0 radical (unpaired) electrons. The van der Waals surface area contributed by atoms with Crippen LogP contribution >= 0.6 is 0 Å². The second kappa shape index (κ2) is 3.97. The molecule has 0 bridgehead atoms. The van der Waals surface area contributed by atoms with Crippen molar-refractivity contribution >= 4 is 10.9 Å². The van der Waals surface area contributed by atoms with E-state index in [1.54, 1.807) is 0 Å². The third-order valence-corrected chi connectivity index (χ3v) is 2.75. The molecule has 2 aromatic heterocycles. The normalized spacial score (nSPS) is 11.1. The minimum absolute atomic E-state index is 0.601. The van der Waals surface area contributed by atoms with Gasteiger partial charge in [0.15, 0.2) is 5.82 Å². The summed E-state index contributed by atoms with van der Waals surface area (Å²) in [5.74, 6) is 0.663. The van der Waals surface area contributed by atoms with E-state index in [0.717, 1.165) is 23.1 Å². The second-order valence-corrected chi connectivity index (χ2v) is 3.78. The molecule has 86 valence electrons. The van der Waals surface area contributed by atoms with E-state index < -0.39 is 0 Å². The van der Waals surface area contributed by atoms with Crippen LogP contribution < -0.4 is 0 Å². The van der Waals surface area contributed by atoms with E-state index in [2.05, 4.69) is 44.8 Å². The van der Waals surface area contributed by atoms with E-state index in [9.17, 15) is 0 Å². The van der Waals surface area contributed by atoms with Crippen molar-refractivity contribution < 1.29 is 0 Å². The van der Waals surface area contributed by atoms with E-state index in [-0.39, 0.29) is 0 Å². The summed E-state index contributed by atoms with van der Waals surface area (Å²) >= 11 is 0. The molecule has 0 saturated heterocycles. The molecule has 0 aliphatic carbocycles. The SMILES string of the molecule is CCn1nc(Cc2nn[nH]n2)c2ccccc21. The highest BCUT2D eigenvalue weighted by atomic mass is 15.5. The van der Waals surface area contributed by atoms with Crippen LogP contribution in [-0.2, 0) is 13.0 Å². The molecule has 17 heavy (non-hydrogen) atoms. The molecule has 0 saturated carbocycles. The molecule has 0 unspecified atom stereocenters. The summed E-state index contributed by atoms with van der Waals surface area (Å²) in [6.45, 7) is 2.93. The Kier molecular flexibility index (Phi) is 2.32. The van der Waals surface area contributed by atoms with Gasteiger partial charge in [-0.25, -0.2) is 0 Å². The minimum Gasteiger partial charge on any atom is -0.265 e. The summed E-state index contributed by atoms with van der Waals surface area (Å²) in [5.41, 5.74) is 2.14. The third kappa shape index (κ3) is 1.67. The Balaban J connectivity index is 2.10. The number of aromatic nitrogens is 6. The first-order chi connectivity index (χ1) is 8.38. The van der Waals surface area contributed by atoms with E-state index in [0.29, 0.717) is 12.2 Å². The lowest BCUT2D eigenvalue weighted by atomic mass is 10.1. The topological polar surface area (TPSA) is 72.3 Å². The zero-order valence-corrected chi connectivity index (χ0v) is 9.46. The fourth-order valence-electron chi connectivity index (χ4n) is 1.97. The van der Waals surface area contributed by atoms with Gasteiger partial charge in [-0.3, -0.25) is 4.68 Å². The van der Waals surface area contributed by atoms with Crippen molar-refractivity contribution in [3.63, 3.8) is 0 Å². The lowest BCUT2D eigenvalue weighted by Gasteiger charge is -1.95. The highest BCUT2D eigenvalue weighted by Crippen LogP contribution is 2.19. The van der Waals surface area contributed by atoms with Crippen molar-refractivity contribution in [3.8, 4) is 0 Å². The van der Waals surface area contributed by atoms with Crippen LogP contribution in [0.4, 0.5) is 0 Å². The molecular weight excluding hydrogens is 216 g/mol. The van der Waals surface area contributed by atoms with Crippen molar-refractivity contribution in [3.05, 3.63) is 35.8 Å². The number of para-hydroxylation sites is 1. The van der Waals surface area contributed by atoms with Gasteiger partial charge in [-0.2, -0.15) is 10.3 Å². The summed E-state index contributed by atoms with van der Waals surface area (Å²) in [5, 5.41) is 19.7. The summed E-state index contributed by atoms with van der Waals surface area (Å²) < 4.78 is 1.99. The zero-order valence-electron chi connectivity index (χ0n) is 9.46. The van der Waals surface area contributed by atoms with Gasteiger partial charge in [0.25, 0.3) is 0 Å². The fourth-order valence-corrected chi connectivity index (χ4v) is 1.97. The number of tetrazole rings is 1. The number of H-pyrrole nitrogens is 1. The molecule has 1 aromatic carbocycles. The first-order valence-electron chi connectivity index (χ1n) is 5.55. The summed E-state index contributed by atoms with van der Waals surface area (Å²) in [4.78, 5) is 0. The van der Waals surface area contributed by atoms with Gasteiger partial charge in [0.2, 0.25) is 0 Å². The van der Waals surface area contributed by atoms with Crippen molar-refractivity contribution in [1.29, 1.82) is 0 Å². The molecule has 1 N–H and O–H groups in total. The van der Waals surface area contributed by atoms with Crippen molar-refractivity contribution in [2.24, 2.45) is 0 Å². The maximum atomic E-state index is 4.58. The molecule has 3 aromatic rings. The smallest absolute Gasteiger partial charge is 0.180 e. The summed E-state index contributed by atoms with van der Waals surface area (Å²) in [7, 11) is 0. The van der Waals surface area contributed by atoms with Crippen molar-refractivity contribution in [2.45, 2.75) is 19.9 Å². The molecule has 0 fully saturated rings. The first kappa shape index (κ1) is 9.95. The minimum atomic E-state index is 0.601. The van der Waals surface area contributed by atoms with E-state index in [1.807, 2.05) is 16.8 Å². The number of nitrogens with one attached hydrogen (secondary N) is 1. The van der Waals surface area contributed by atoms with Crippen molar-refractivity contribution in [1.82, 2.24) is 30.4 Å². The number of aromatic amines is 1.